The van der Waals surface area contributed by atoms with Gasteiger partial charge in [-0.05, 0) is 45.7 Å². The minimum absolute atomic E-state index is 0.145. The molecule has 0 aromatic rings. The number of piperidine rings is 1. The third kappa shape index (κ3) is 2.70. The molecule has 2 fully saturated rings. The predicted octanol–water partition coefficient (Wildman–Crippen LogP) is 1.36. The number of nitriles is 1. The average molecular weight is 207 g/mol. The largest absolute Gasteiger partial charge is 0.313 e. The second-order valence-corrected chi connectivity index (χ2v) is 4.99. The first-order chi connectivity index (χ1) is 7.29. The van der Waals surface area contributed by atoms with E-state index < -0.39 is 0 Å². The van der Waals surface area contributed by atoms with Gasteiger partial charge in [0.05, 0.1) is 12.0 Å². The summed E-state index contributed by atoms with van der Waals surface area (Å²) >= 11 is 0. The molecule has 2 aliphatic heterocycles. The van der Waals surface area contributed by atoms with E-state index in [-0.39, 0.29) is 5.92 Å². The van der Waals surface area contributed by atoms with Crippen molar-refractivity contribution in [2.75, 3.05) is 19.6 Å². The Morgan fingerprint density at radius 2 is 2.33 bits per heavy atom. The molecule has 0 saturated carbocycles. The molecule has 2 saturated heterocycles. The number of nitrogens with zero attached hydrogens (tertiary/aromatic N) is 2. The second kappa shape index (κ2) is 4.96. The fourth-order valence-corrected chi connectivity index (χ4v) is 2.80. The minimum Gasteiger partial charge on any atom is -0.313 e. The van der Waals surface area contributed by atoms with Gasteiger partial charge in [0.2, 0.25) is 0 Å². The summed E-state index contributed by atoms with van der Waals surface area (Å²) in [6.07, 6.45) is 5.31. The maximum Gasteiger partial charge on any atom is 0.0666 e. The summed E-state index contributed by atoms with van der Waals surface area (Å²) in [7, 11) is 0. The van der Waals surface area contributed by atoms with Crippen LogP contribution in [0.4, 0.5) is 0 Å². The molecule has 0 aromatic heterocycles. The fraction of sp³-hybridized carbons (Fsp3) is 0.917. The molecule has 3 atom stereocenters. The van der Waals surface area contributed by atoms with Crippen molar-refractivity contribution in [3.8, 4) is 6.07 Å². The molecule has 0 aliphatic carbocycles. The Morgan fingerprint density at radius 1 is 1.47 bits per heavy atom. The van der Waals surface area contributed by atoms with E-state index in [1.807, 2.05) is 6.92 Å². The van der Waals surface area contributed by atoms with Crippen LogP contribution in [0, 0.1) is 17.2 Å². The standard InChI is InChI=1S/C12H21N3/c1-10(8-13)9-14-11-4-6-15-5-2-3-12(15)7-11/h10-12,14H,2-7,9H2,1H3. The zero-order valence-corrected chi connectivity index (χ0v) is 9.58. The van der Waals surface area contributed by atoms with Gasteiger partial charge in [-0.3, -0.25) is 0 Å². The Balaban J connectivity index is 1.73. The minimum atomic E-state index is 0.145. The summed E-state index contributed by atoms with van der Waals surface area (Å²) in [5.41, 5.74) is 0. The first-order valence-electron chi connectivity index (χ1n) is 6.16. The lowest BCUT2D eigenvalue weighted by atomic mass is 9.97. The highest BCUT2D eigenvalue weighted by Crippen LogP contribution is 2.26. The Kier molecular flexibility index (Phi) is 3.61. The van der Waals surface area contributed by atoms with Gasteiger partial charge < -0.3 is 10.2 Å². The normalized spacial score (nSPS) is 33.3. The van der Waals surface area contributed by atoms with Gasteiger partial charge in [0.15, 0.2) is 0 Å². The lowest BCUT2D eigenvalue weighted by Crippen LogP contribution is -2.46. The Morgan fingerprint density at radius 3 is 3.13 bits per heavy atom. The van der Waals surface area contributed by atoms with E-state index in [1.54, 1.807) is 0 Å². The molecule has 15 heavy (non-hydrogen) atoms. The topological polar surface area (TPSA) is 39.1 Å². The van der Waals surface area contributed by atoms with Gasteiger partial charge in [-0.2, -0.15) is 5.26 Å². The van der Waals surface area contributed by atoms with Crippen molar-refractivity contribution in [1.82, 2.24) is 10.2 Å². The van der Waals surface area contributed by atoms with Crippen LogP contribution < -0.4 is 5.32 Å². The molecule has 0 spiro atoms. The van der Waals surface area contributed by atoms with Gasteiger partial charge in [0.25, 0.3) is 0 Å². The number of nitrogens with one attached hydrogen (secondary N) is 1. The number of hydrogen-bond acceptors (Lipinski definition) is 3. The van der Waals surface area contributed by atoms with Crippen LogP contribution in [0.15, 0.2) is 0 Å². The van der Waals surface area contributed by atoms with Gasteiger partial charge in [-0.15, -0.1) is 0 Å². The highest BCUT2D eigenvalue weighted by Gasteiger charge is 2.31. The molecule has 84 valence electrons. The summed E-state index contributed by atoms with van der Waals surface area (Å²) in [4.78, 5) is 2.63. The quantitative estimate of drug-likeness (QED) is 0.759. The molecule has 2 aliphatic rings. The van der Waals surface area contributed by atoms with Crippen LogP contribution in [0.2, 0.25) is 0 Å². The molecule has 0 bridgehead atoms. The summed E-state index contributed by atoms with van der Waals surface area (Å²) in [5.74, 6) is 0.145. The molecule has 0 radical (unpaired) electrons. The van der Waals surface area contributed by atoms with Crippen LogP contribution in [-0.2, 0) is 0 Å². The predicted molar refractivity (Wildman–Crippen MR) is 60.4 cm³/mol. The van der Waals surface area contributed by atoms with E-state index in [9.17, 15) is 0 Å². The van der Waals surface area contributed by atoms with Crippen molar-refractivity contribution in [3.63, 3.8) is 0 Å². The molecular formula is C12H21N3. The van der Waals surface area contributed by atoms with Crippen LogP contribution >= 0.6 is 0 Å². The first kappa shape index (κ1) is 10.9. The molecule has 3 heteroatoms. The molecule has 2 rings (SSSR count). The zero-order valence-electron chi connectivity index (χ0n) is 9.58. The van der Waals surface area contributed by atoms with Crippen molar-refractivity contribution >= 4 is 0 Å². The van der Waals surface area contributed by atoms with E-state index in [0.717, 1.165) is 12.6 Å². The Hall–Kier alpha value is -0.590. The summed E-state index contributed by atoms with van der Waals surface area (Å²) in [6, 6.07) is 3.76. The van der Waals surface area contributed by atoms with Crippen molar-refractivity contribution in [1.29, 1.82) is 5.26 Å². The second-order valence-electron chi connectivity index (χ2n) is 4.99. The highest BCUT2D eigenvalue weighted by molar-refractivity contribution is 4.90. The zero-order chi connectivity index (χ0) is 10.7. The summed E-state index contributed by atoms with van der Waals surface area (Å²) < 4.78 is 0. The molecule has 0 amide bonds. The fourth-order valence-electron chi connectivity index (χ4n) is 2.80. The number of hydrogen-bond donors (Lipinski definition) is 1. The van der Waals surface area contributed by atoms with Crippen LogP contribution in [0.1, 0.15) is 32.6 Å². The Bertz CT molecular complexity index is 246. The van der Waals surface area contributed by atoms with Crippen molar-refractivity contribution in [2.24, 2.45) is 5.92 Å². The molecule has 0 aromatic carbocycles. The maximum absolute atomic E-state index is 8.72. The molecular weight excluding hydrogens is 186 g/mol. The molecule has 3 unspecified atom stereocenters. The van der Waals surface area contributed by atoms with Crippen molar-refractivity contribution in [2.45, 2.75) is 44.7 Å². The third-order valence-electron chi connectivity index (χ3n) is 3.75. The smallest absolute Gasteiger partial charge is 0.0666 e. The van der Waals surface area contributed by atoms with Crippen LogP contribution in [-0.4, -0.2) is 36.6 Å². The molecule has 3 nitrogen and oxygen atoms in total. The molecule has 2 heterocycles. The monoisotopic (exact) mass is 207 g/mol. The van der Waals surface area contributed by atoms with Crippen LogP contribution in [0.5, 0.6) is 0 Å². The van der Waals surface area contributed by atoms with Crippen LogP contribution in [0.25, 0.3) is 0 Å². The lowest BCUT2D eigenvalue weighted by molar-refractivity contribution is 0.166. The lowest BCUT2D eigenvalue weighted by Gasteiger charge is -2.35. The maximum atomic E-state index is 8.72. The van der Waals surface area contributed by atoms with Gasteiger partial charge in [-0.25, -0.2) is 0 Å². The molecule has 1 N–H and O–H groups in total. The summed E-state index contributed by atoms with van der Waals surface area (Å²) in [5, 5.41) is 12.3. The number of fused-ring (bicyclic) bond motifs is 1. The number of rotatable bonds is 3. The van der Waals surface area contributed by atoms with Gasteiger partial charge >= 0.3 is 0 Å². The first-order valence-corrected chi connectivity index (χ1v) is 6.16. The third-order valence-corrected chi connectivity index (χ3v) is 3.75. The van der Waals surface area contributed by atoms with E-state index in [2.05, 4.69) is 16.3 Å². The summed E-state index contributed by atoms with van der Waals surface area (Å²) in [6.45, 7) is 5.40. The van der Waals surface area contributed by atoms with E-state index >= 15 is 0 Å². The van der Waals surface area contributed by atoms with E-state index in [4.69, 9.17) is 5.26 Å². The van der Waals surface area contributed by atoms with Gasteiger partial charge in [0, 0.05) is 18.6 Å². The van der Waals surface area contributed by atoms with Gasteiger partial charge in [0.1, 0.15) is 0 Å². The highest BCUT2D eigenvalue weighted by atomic mass is 15.2. The Labute approximate surface area is 92.4 Å². The van der Waals surface area contributed by atoms with Crippen molar-refractivity contribution < 1.29 is 0 Å². The van der Waals surface area contributed by atoms with E-state index in [1.165, 1.54) is 38.8 Å². The SMILES string of the molecule is CC(C#N)CNC1CCN2CCCC2C1. The van der Waals surface area contributed by atoms with Crippen LogP contribution in [0.3, 0.4) is 0 Å². The van der Waals surface area contributed by atoms with E-state index in [0.29, 0.717) is 6.04 Å². The van der Waals surface area contributed by atoms with Gasteiger partial charge in [-0.1, -0.05) is 0 Å². The van der Waals surface area contributed by atoms with Crippen molar-refractivity contribution in [3.05, 3.63) is 0 Å². The average Bonchev–Trinajstić information content (AvgIpc) is 2.72.